The molecule has 1 atom stereocenters. The topological polar surface area (TPSA) is 57.6 Å². The SMILES string of the molecule is O=C(O)C1CCC(=O)N(Cc2cccc(Cl)c2F)C1. The van der Waals surface area contributed by atoms with Gasteiger partial charge in [-0.05, 0) is 12.5 Å². The van der Waals surface area contributed by atoms with Crippen molar-refractivity contribution >= 4 is 23.5 Å². The molecule has 0 aliphatic carbocycles. The fourth-order valence-electron chi connectivity index (χ4n) is 2.15. The number of halogens is 2. The smallest absolute Gasteiger partial charge is 0.308 e. The van der Waals surface area contributed by atoms with Crippen molar-refractivity contribution in [1.82, 2.24) is 4.90 Å². The minimum atomic E-state index is -0.927. The second kappa shape index (κ2) is 5.57. The molecule has 1 saturated heterocycles. The number of carbonyl (C=O) groups is 2. The number of carboxylic acid groups (broad SMARTS) is 1. The first kappa shape index (κ1) is 13.8. The summed E-state index contributed by atoms with van der Waals surface area (Å²) in [6.07, 6.45) is 0.516. The van der Waals surface area contributed by atoms with Gasteiger partial charge in [-0.2, -0.15) is 0 Å². The molecule has 1 fully saturated rings. The molecule has 1 aromatic carbocycles. The summed E-state index contributed by atoms with van der Waals surface area (Å²) in [5.74, 6) is -2.23. The van der Waals surface area contributed by atoms with Gasteiger partial charge >= 0.3 is 5.97 Å². The lowest BCUT2D eigenvalue weighted by Crippen LogP contribution is -2.42. The van der Waals surface area contributed by atoms with Gasteiger partial charge in [0.2, 0.25) is 5.91 Å². The Bertz CT molecular complexity index is 521. The van der Waals surface area contributed by atoms with Crippen molar-refractivity contribution in [3.05, 3.63) is 34.6 Å². The molecule has 1 aromatic rings. The van der Waals surface area contributed by atoms with Gasteiger partial charge < -0.3 is 10.0 Å². The molecule has 0 radical (unpaired) electrons. The van der Waals surface area contributed by atoms with E-state index in [1.807, 2.05) is 0 Å². The van der Waals surface area contributed by atoms with Gasteiger partial charge in [-0.3, -0.25) is 9.59 Å². The van der Waals surface area contributed by atoms with E-state index in [4.69, 9.17) is 16.7 Å². The zero-order chi connectivity index (χ0) is 14.0. The fourth-order valence-corrected chi connectivity index (χ4v) is 2.34. The Kier molecular flexibility index (Phi) is 4.04. The zero-order valence-corrected chi connectivity index (χ0v) is 10.9. The highest BCUT2D eigenvalue weighted by molar-refractivity contribution is 6.30. The Labute approximate surface area is 114 Å². The molecule has 102 valence electrons. The highest BCUT2D eigenvalue weighted by atomic mass is 35.5. The maximum Gasteiger partial charge on any atom is 0.308 e. The first-order chi connectivity index (χ1) is 8.99. The number of aliphatic carboxylic acids is 1. The Balaban J connectivity index is 2.14. The third kappa shape index (κ3) is 3.04. The minimum absolute atomic E-state index is 0.00302. The molecular formula is C13H13ClFNO3. The van der Waals surface area contributed by atoms with Gasteiger partial charge in [0.1, 0.15) is 5.82 Å². The van der Waals surface area contributed by atoms with Crippen LogP contribution in [-0.2, 0) is 16.1 Å². The van der Waals surface area contributed by atoms with E-state index in [-0.39, 0.29) is 30.4 Å². The number of hydrogen-bond acceptors (Lipinski definition) is 2. The van der Waals surface area contributed by atoms with E-state index in [0.717, 1.165) is 0 Å². The molecule has 0 aromatic heterocycles. The maximum absolute atomic E-state index is 13.8. The lowest BCUT2D eigenvalue weighted by atomic mass is 9.97. The van der Waals surface area contributed by atoms with Crippen LogP contribution in [0.4, 0.5) is 4.39 Å². The molecule has 1 unspecified atom stereocenters. The van der Waals surface area contributed by atoms with Crippen LogP contribution in [0.3, 0.4) is 0 Å². The van der Waals surface area contributed by atoms with Crippen LogP contribution >= 0.6 is 11.6 Å². The van der Waals surface area contributed by atoms with Crippen molar-refractivity contribution in [1.29, 1.82) is 0 Å². The van der Waals surface area contributed by atoms with Gasteiger partial charge in [0.05, 0.1) is 10.9 Å². The van der Waals surface area contributed by atoms with Crippen molar-refractivity contribution in [3.63, 3.8) is 0 Å². The lowest BCUT2D eigenvalue weighted by molar-refractivity contribution is -0.147. The van der Waals surface area contributed by atoms with Crippen LogP contribution in [0.15, 0.2) is 18.2 Å². The van der Waals surface area contributed by atoms with Crippen LogP contribution in [0.1, 0.15) is 18.4 Å². The van der Waals surface area contributed by atoms with Crippen molar-refractivity contribution < 1.29 is 19.1 Å². The molecule has 1 N–H and O–H groups in total. The van der Waals surface area contributed by atoms with Crippen molar-refractivity contribution in [3.8, 4) is 0 Å². The third-order valence-electron chi connectivity index (χ3n) is 3.24. The summed E-state index contributed by atoms with van der Waals surface area (Å²) in [5, 5.41) is 8.97. The van der Waals surface area contributed by atoms with Gasteiger partial charge in [0, 0.05) is 25.1 Å². The van der Waals surface area contributed by atoms with Gasteiger partial charge in [0.25, 0.3) is 0 Å². The number of amides is 1. The Hall–Kier alpha value is -1.62. The molecule has 1 amide bonds. The van der Waals surface area contributed by atoms with E-state index in [2.05, 4.69) is 0 Å². The monoisotopic (exact) mass is 285 g/mol. The highest BCUT2D eigenvalue weighted by Gasteiger charge is 2.30. The van der Waals surface area contributed by atoms with E-state index in [0.29, 0.717) is 12.0 Å². The summed E-state index contributed by atoms with van der Waals surface area (Å²) >= 11 is 5.67. The van der Waals surface area contributed by atoms with Crippen molar-refractivity contribution in [2.24, 2.45) is 5.92 Å². The normalized spacial score (nSPS) is 19.6. The van der Waals surface area contributed by atoms with Crippen molar-refractivity contribution in [2.45, 2.75) is 19.4 Å². The molecule has 4 nitrogen and oxygen atoms in total. The Morgan fingerprint density at radius 1 is 1.53 bits per heavy atom. The predicted octanol–water partition coefficient (Wildman–Crippen LogP) is 2.30. The van der Waals surface area contributed by atoms with E-state index >= 15 is 0 Å². The van der Waals surface area contributed by atoms with Crippen molar-refractivity contribution in [2.75, 3.05) is 6.54 Å². The van der Waals surface area contributed by atoms with Crippen LogP contribution in [-0.4, -0.2) is 28.4 Å². The van der Waals surface area contributed by atoms with Crippen LogP contribution in [0.2, 0.25) is 5.02 Å². The third-order valence-corrected chi connectivity index (χ3v) is 3.53. The average molecular weight is 286 g/mol. The summed E-state index contributed by atoms with van der Waals surface area (Å²) in [6.45, 7) is 0.162. The molecular weight excluding hydrogens is 273 g/mol. The minimum Gasteiger partial charge on any atom is -0.481 e. The number of piperidine rings is 1. The number of rotatable bonds is 3. The summed E-state index contributed by atoms with van der Waals surface area (Å²) in [6, 6.07) is 4.57. The second-order valence-corrected chi connectivity index (χ2v) is 4.97. The largest absolute Gasteiger partial charge is 0.481 e. The molecule has 19 heavy (non-hydrogen) atoms. The number of carbonyl (C=O) groups excluding carboxylic acids is 1. The van der Waals surface area contributed by atoms with E-state index < -0.39 is 17.7 Å². The van der Waals surface area contributed by atoms with Gasteiger partial charge in [-0.1, -0.05) is 23.7 Å². The summed E-state index contributed by atoms with van der Waals surface area (Å²) in [4.78, 5) is 24.1. The molecule has 0 saturated carbocycles. The summed E-state index contributed by atoms with van der Waals surface area (Å²) in [5.41, 5.74) is 0.298. The van der Waals surface area contributed by atoms with Gasteiger partial charge in [-0.25, -0.2) is 4.39 Å². The number of carboxylic acids is 1. The Morgan fingerprint density at radius 3 is 2.95 bits per heavy atom. The molecule has 1 aliphatic rings. The standard InChI is InChI=1S/C13H13ClFNO3/c14-10-3-1-2-8(12(10)15)6-16-7-9(13(18)19)4-5-11(16)17/h1-3,9H,4-7H2,(H,18,19). The number of hydrogen-bond donors (Lipinski definition) is 1. The fraction of sp³-hybridized carbons (Fsp3) is 0.385. The summed E-state index contributed by atoms with van der Waals surface area (Å²) < 4.78 is 13.8. The maximum atomic E-state index is 13.8. The summed E-state index contributed by atoms with van der Waals surface area (Å²) in [7, 11) is 0. The van der Waals surface area contributed by atoms with Crippen LogP contribution < -0.4 is 0 Å². The molecule has 0 bridgehead atoms. The van der Waals surface area contributed by atoms with Gasteiger partial charge in [-0.15, -0.1) is 0 Å². The number of nitrogens with zero attached hydrogens (tertiary/aromatic N) is 1. The molecule has 6 heteroatoms. The molecule has 1 heterocycles. The van der Waals surface area contributed by atoms with E-state index in [1.54, 1.807) is 12.1 Å². The first-order valence-corrected chi connectivity index (χ1v) is 6.30. The highest BCUT2D eigenvalue weighted by Crippen LogP contribution is 2.23. The van der Waals surface area contributed by atoms with Crippen LogP contribution in [0, 0.1) is 11.7 Å². The van der Waals surface area contributed by atoms with E-state index in [1.165, 1.54) is 11.0 Å². The van der Waals surface area contributed by atoms with E-state index in [9.17, 15) is 14.0 Å². The average Bonchev–Trinajstić information content (AvgIpc) is 2.37. The Morgan fingerprint density at radius 2 is 2.26 bits per heavy atom. The molecule has 1 aliphatic heterocycles. The van der Waals surface area contributed by atoms with Crippen LogP contribution in [0.25, 0.3) is 0 Å². The lowest BCUT2D eigenvalue weighted by Gasteiger charge is -2.30. The second-order valence-electron chi connectivity index (χ2n) is 4.56. The molecule has 2 rings (SSSR count). The predicted molar refractivity (Wildman–Crippen MR) is 67.2 cm³/mol. The molecule has 0 spiro atoms. The first-order valence-electron chi connectivity index (χ1n) is 5.92. The zero-order valence-electron chi connectivity index (χ0n) is 10.1. The quantitative estimate of drug-likeness (QED) is 0.927. The number of benzene rings is 1. The van der Waals surface area contributed by atoms with Crippen LogP contribution in [0.5, 0.6) is 0 Å². The van der Waals surface area contributed by atoms with Gasteiger partial charge in [0.15, 0.2) is 0 Å². The number of likely N-dealkylation sites (tertiary alicyclic amines) is 1.